The minimum atomic E-state index is -0.203. The van der Waals surface area contributed by atoms with Crippen molar-refractivity contribution in [1.82, 2.24) is 0 Å². The van der Waals surface area contributed by atoms with E-state index in [1.54, 1.807) is 12.1 Å². The molecule has 214 valence electrons. The molecule has 0 atom stereocenters. The van der Waals surface area contributed by atoms with E-state index in [9.17, 15) is 9.59 Å². The highest BCUT2D eigenvalue weighted by molar-refractivity contribution is 6.41. The molecule has 1 aliphatic carbocycles. The lowest BCUT2D eigenvalue weighted by Gasteiger charge is -2.26. The van der Waals surface area contributed by atoms with E-state index >= 15 is 0 Å². The Morgan fingerprint density at radius 1 is 0.467 bits per heavy atom. The third-order valence-electron chi connectivity index (χ3n) is 8.90. The molecular formula is C42H29NO2. The summed E-state index contributed by atoms with van der Waals surface area (Å²) in [7, 11) is 0. The number of nitrogens with zero attached hydrogens (tertiary/aromatic N) is 1. The number of carbonyl (C=O) groups excluding carboxylic acids is 2. The van der Waals surface area contributed by atoms with Crippen molar-refractivity contribution in [1.29, 1.82) is 0 Å². The van der Waals surface area contributed by atoms with Crippen LogP contribution in [0.15, 0.2) is 139 Å². The Bertz CT molecular complexity index is 2320. The summed E-state index contributed by atoms with van der Waals surface area (Å²) in [6.07, 6.45) is 1.76. The van der Waals surface area contributed by atoms with Crippen molar-refractivity contribution >= 4 is 67.0 Å². The number of benzene rings is 7. The van der Waals surface area contributed by atoms with Gasteiger partial charge in [0.05, 0.1) is 5.57 Å². The molecule has 0 N–H and O–H groups in total. The fourth-order valence-corrected chi connectivity index (χ4v) is 6.51. The Morgan fingerprint density at radius 3 is 1.60 bits per heavy atom. The van der Waals surface area contributed by atoms with E-state index in [1.165, 1.54) is 21.5 Å². The number of fused-ring (bicyclic) bond motifs is 4. The van der Waals surface area contributed by atoms with Crippen molar-refractivity contribution in [2.24, 2.45) is 0 Å². The van der Waals surface area contributed by atoms with Crippen LogP contribution >= 0.6 is 0 Å². The van der Waals surface area contributed by atoms with Gasteiger partial charge in [0.1, 0.15) is 0 Å². The molecule has 0 fully saturated rings. The third-order valence-corrected chi connectivity index (χ3v) is 8.90. The van der Waals surface area contributed by atoms with Crippen LogP contribution in [-0.4, -0.2) is 11.6 Å². The number of carbonyl (C=O) groups is 2. The van der Waals surface area contributed by atoms with Crippen molar-refractivity contribution < 1.29 is 9.59 Å². The highest BCUT2D eigenvalue weighted by Gasteiger charge is 2.33. The minimum absolute atomic E-state index is 0.199. The zero-order chi connectivity index (χ0) is 30.7. The number of hydrogen-bond donors (Lipinski definition) is 0. The van der Waals surface area contributed by atoms with E-state index in [0.717, 1.165) is 44.5 Å². The molecule has 1 aliphatic rings. The fraction of sp³-hybridized carbons (Fsp3) is 0.0476. The summed E-state index contributed by atoms with van der Waals surface area (Å²) in [6.45, 7) is 3.97. The molecule has 0 saturated carbocycles. The van der Waals surface area contributed by atoms with E-state index in [1.807, 2.05) is 26.0 Å². The lowest BCUT2D eigenvalue weighted by molar-refractivity contribution is 0.0990. The Kier molecular flexibility index (Phi) is 6.21. The fourth-order valence-electron chi connectivity index (χ4n) is 6.51. The molecule has 0 radical (unpaired) electrons. The van der Waals surface area contributed by atoms with Crippen LogP contribution in [0.2, 0.25) is 0 Å². The quantitative estimate of drug-likeness (QED) is 0.154. The number of ketones is 2. The second-order valence-electron chi connectivity index (χ2n) is 11.9. The van der Waals surface area contributed by atoms with Crippen molar-refractivity contribution in [3.05, 3.63) is 167 Å². The Labute approximate surface area is 261 Å². The molecule has 3 heteroatoms. The molecule has 0 saturated heterocycles. The second-order valence-corrected chi connectivity index (χ2v) is 11.9. The first-order chi connectivity index (χ1) is 21.9. The summed E-state index contributed by atoms with van der Waals surface area (Å²) >= 11 is 0. The van der Waals surface area contributed by atoms with Gasteiger partial charge in [0.15, 0.2) is 11.6 Å². The zero-order valence-electron chi connectivity index (χ0n) is 25.0. The van der Waals surface area contributed by atoms with Crippen LogP contribution in [0.1, 0.15) is 37.4 Å². The van der Waals surface area contributed by atoms with Crippen LogP contribution in [0.4, 0.5) is 17.1 Å². The molecule has 0 aliphatic heterocycles. The average Bonchev–Trinajstić information content (AvgIpc) is 3.29. The van der Waals surface area contributed by atoms with Gasteiger partial charge >= 0.3 is 0 Å². The lowest BCUT2D eigenvalue weighted by Crippen LogP contribution is -2.10. The van der Waals surface area contributed by atoms with Crippen LogP contribution in [0.5, 0.6) is 0 Å². The van der Waals surface area contributed by atoms with Crippen molar-refractivity contribution in [2.75, 3.05) is 4.90 Å². The van der Waals surface area contributed by atoms with E-state index in [0.29, 0.717) is 11.1 Å². The molecule has 7 aromatic rings. The second kappa shape index (κ2) is 10.4. The number of rotatable bonds is 4. The topological polar surface area (TPSA) is 37.4 Å². The summed E-state index contributed by atoms with van der Waals surface area (Å²) in [4.78, 5) is 28.7. The molecule has 0 spiro atoms. The standard InChI is InChI=1S/C42H29NO2/c1-26-11-18-38-39(19-26)42(45)40(41(38)44)25-33-21-32-14-17-37(24-34(32)20-27(33)2)43(35-15-12-28-7-3-5-9-30(28)22-35)36-16-13-29-8-4-6-10-31(29)23-36/h3-25H,1-2H3. The molecule has 0 heterocycles. The van der Waals surface area contributed by atoms with Crippen LogP contribution < -0.4 is 4.90 Å². The lowest BCUT2D eigenvalue weighted by atomic mass is 9.98. The smallest absolute Gasteiger partial charge is 0.197 e. The van der Waals surface area contributed by atoms with Crippen molar-refractivity contribution in [3.63, 3.8) is 0 Å². The van der Waals surface area contributed by atoms with Gasteiger partial charge in [0.25, 0.3) is 0 Å². The van der Waals surface area contributed by atoms with Crippen molar-refractivity contribution in [2.45, 2.75) is 13.8 Å². The van der Waals surface area contributed by atoms with Gasteiger partial charge in [-0.3, -0.25) is 9.59 Å². The number of aryl methyl sites for hydroxylation is 2. The first-order valence-electron chi connectivity index (χ1n) is 15.2. The van der Waals surface area contributed by atoms with Crippen LogP contribution in [-0.2, 0) is 0 Å². The number of Topliss-reactive ketones (excluding diaryl/α,β-unsaturated/α-hetero) is 2. The molecule has 7 aromatic carbocycles. The average molecular weight is 580 g/mol. The zero-order valence-corrected chi connectivity index (χ0v) is 25.0. The van der Waals surface area contributed by atoms with Crippen LogP contribution in [0.3, 0.4) is 0 Å². The maximum absolute atomic E-state index is 13.2. The molecular weight excluding hydrogens is 550 g/mol. The molecule has 0 amide bonds. The molecule has 0 aromatic heterocycles. The van der Waals surface area contributed by atoms with Gasteiger partial charge in [0, 0.05) is 28.2 Å². The van der Waals surface area contributed by atoms with Gasteiger partial charge in [-0.1, -0.05) is 90.5 Å². The highest BCUT2D eigenvalue weighted by atomic mass is 16.2. The Balaban J connectivity index is 1.24. The van der Waals surface area contributed by atoms with Gasteiger partial charge in [-0.05, 0) is 112 Å². The van der Waals surface area contributed by atoms with Crippen LogP contribution in [0, 0.1) is 13.8 Å². The van der Waals surface area contributed by atoms with E-state index in [-0.39, 0.29) is 17.1 Å². The molecule has 0 bridgehead atoms. The normalized spacial score (nSPS) is 13.7. The molecule has 0 unspecified atom stereocenters. The first-order valence-corrected chi connectivity index (χ1v) is 15.2. The van der Waals surface area contributed by atoms with Crippen LogP contribution in [0.25, 0.3) is 38.4 Å². The molecule has 45 heavy (non-hydrogen) atoms. The predicted molar refractivity (Wildman–Crippen MR) is 186 cm³/mol. The maximum atomic E-state index is 13.2. The number of allylic oxidation sites excluding steroid dienone is 1. The van der Waals surface area contributed by atoms with E-state index < -0.39 is 0 Å². The predicted octanol–water partition coefficient (Wildman–Crippen LogP) is 10.7. The van der Waals surface area contributed by atoms with Gasteiger partial charge in [-0.15, -0.1) is 0 Å². The Hall–Kier alpha value is -5.80. The minimum Gasteiger partial charge on any atom is -0.310 e. The highest BCUT2D eigenvalue weighted by Crippen LogP contribution is 2.39. The summed E-state index contributed by atoms with van der Waals surface area (Å²) in [5, 5.41) is 6.90. The third kappa shape index (κ3) is 4.61. The summed E-state index contributed by atoms with van der Waals surface area (Å²) < 4.78 is 0. The largest absolute Gasteiger partial charge is 0.310 e. The summed E-state index contributed by atoms with van der Waals surface area (Å²) in [5.41, 5.74) is 7.26. The van der Waals surface area contributed by atoms with Gasteiger partial charge in [-0.25, -0.2) is 0 Å². The van der Waals surface area contributed by atoms with Crippen molar-refractivity contribution in [3.8, 4) is 0 Å². The number of anilines is 3. The SMILES string of the molecule is Cc1ccc2c(c1)C(=O)C(=Cc1cc3ccc(N(c4ccc5ccccc5c4)c4ccc5ccccc5c4)cc3cc1C)C2=O. The van der Waals surface area contributed by atoms with Gasteiger partial charge in [-0.2, -0.15) is 0 Å². The van der Waals surface area contributed by atoms with Gasteiger partial charge in [0.2, 0.25) is 0 Å². The van der Waals surface area contributed by atoms with Gasteiger partial charge < -0.3 is 4.90 Å². The molecule has 8 rings (SSSR count). The van der Waals surface area contributed by atoms with E-state index in [4.69, 9.17) is 0 Å². The summed E-state index contributed by atoms with van der Waals surface area (Å²) in [6, 6.07) is 46.2. The Morgan fingerprint density at radius 2 is 0.978 bits per heavy atom. The molecule has 3 nitrogen and oxygen atoms in total. The number of hydrogen-bond acceptors (Lipinski definition) is 3. The maximum Gasteiger partial charge on any atom is 0.197 e. The first kappa shape index (κ1) is 26.8. The van der Waals surface area contributed by atoms with E-state index in [2.05, 4.69) is 120 Å². The monoisotopic (exact) mass is 579 g/mol. The summed E-state index contributed by atoms with van der Waals surface area (Å²) in [5.74, 6) is -0.402.